The van der Waals surface area contributed by atoms with Gasteiger partial charge in [0.15, 0.2) is 0 Å². The average molecular weight is 434 g/mol. The standard InChI is InChI=1S/C26H31N3O3/c1-28(2)27-20(14-17-29-15-8-9-16-29)18-22(19-10-4-3-5-11-19)24-25(30)21-12-6-7-13-23(21)32-26(24)31/h3-7,10-13,22,30H,8-9,14-18H2,1-2H3/b27-20+. The maximum Gasteiger partial charge on any atom is 0.343 e. The molecule has 2 heterocycles. The van der Waals surface area contributed by atoms with Gasteiger partial charge < -0.3 is 19.4 Å². The summed E-state index contributed by atoms with van der Waals surface area (Å²) >= 11 is 0. The summed E-state index contributed by atoms with van der Waals surface area (Å²) in [6.07, 6.45) is 3.85. The Hall–Kier alpha value is -3.12. The largest absolute Gasteiger partial charge is 0.507 e. The minimum atomic E-state index is -0.501. The van der Waals surface area contributed by atoms with Crippen molar-refractivity contribution in [3.8, 4) is 5.75 Å². The van der Waals surface area contributed by atoms with Crippen molar-refractivity contribution in [3.63, 3.8) is 0 Å². The third-order valence-electron chi connectivity index (χ3n) is 6.07. The van der Waals surface area contributed by atoms with Crippen LogP contribution in [0.2, 0.25) is 0 Å². The molecular formula is C26H31N3O3. The molecule has 1 aliphatic heterocycles. The number of fused-ring (bicyclic) bond motifs is 1. The number of benzene rings is 2. The first kappa shape index (κ1) is 22.1. The van der Waals surface area contributed by atoms with Gasteiger partial charge in [0.1, 0.15) is 11.3 Å². The van der Waals surface area contributed by atoms with E-state index in [1.165, 1.54) is 12.8 Å². The zero-order valence-electron chi connectivity index (χ0n) is 18.8. The number of hydrogen-bond acceptors (Lipinski definition) is 6. The Morgan fingerprint density at radius 2 is 1.78 bits per heavy atom. The predicted octanol–water partition coefficient (Wildman–Crippen LogP) is 4.42. The van der Waals surface area contributed by atoms with Crippen LogP contribution in [0.3, 0.4) is 0 Å². The van der Waals surface area contributed by atoms with E-state index < -0.39 is 5.63 Å². The topological polar surface area (TPSA) is 69.3 Å². The van der Waals surface area contributed by atoms with Crippen LogP contribution in [0.25, 0.3) is 11.0 Å². The van der Waals surface area contributed by atoms with Crippen LogP contribution < -0.4 is 5.63 Å². The molecule has 0 radical (unpaired) electrons. The first-order chi connectivity index (χ1) is 15.5. The number of hydrazone groups is 1. The SMILES string of the molecule is CN(C)/N=C(\CCN1CCCC1)CC(c1ccccc1)c1c(O)c2ccccc2oc1=O. The van der Waals surface area contributed by atoms with E-state index >= 15 is 0 Å². The number of hydrogen-bond donors (Lipinski definition) is 1. The van der Waals surface area contributed by atoms with Crippen molar-refractivity contribution in [2.75, 3.05) is 33.7 Å². The van der Waals surface area contributed by atoms with Crippen molar-refractivity contribution in [3.05, 3.63) is 76.1 Å². The molecule has 6 heteroatoms. The third-order valence-corrected chi connectivity index (χ3v) is 6.07. The molecule has 4 rings (SSSR count). The molecule has 0 aliphatic carbocycles. The molecule has 168 valence electrons. The van der Waals surface area contributed by atoms with Crippen molar-refractivity contribution in [2.24, 2.45) is 5.10 Å². The third kappa shape index (κ3) is 5.02. The summed E-state index contributed by atoms with van der Waals surface area (Å²) in [6, 6.07) is 16.9. The minimum absolute atomic E-state index is 0.00514. The lowest BCUT2D eigenvalue weighted by molar-refractivity contribution is 0.346. The highest BCUT2D eigenvalue weighted by atomic mass is 16.4. The molecule has 32 heavy (non-hydrogen) atoms. The molecule has 0 spiro atoms. The van der Waals surface area contributed by atoms with Gasteiger partial charge in [-0.15, -0.1) is 0 Å². The van der Waals surface area contributed by atoms with Gasteiger partial charge >= 0.3 is 5.63 Å². The molecule has 6 nitrogen and oxygen atoms in total. The summed E-state index contributed by atoms with van der Waals surface area (Å²) in [6.45, 7) is 3.21. The Morgan fingerprint density at radius 1 is 1.09 bits per heavy atom. The summed E-state index contributed by atoms with van der Waals surface area (Å²) in [4.78, 5) is 15.5. The second kappa shape index (κ2) is 10.0. The Labute approximate surface area is 188 Å². The van der Waals surface area contributed by atoms with Gasteiger partial charge in [-0.25, -0.2) is 4.79 Å². The van der Waals surface area contributed by atoms with Gasteiger partial charge in [-0.2, -0.15) is 5.10 Å². The Balaban J connectivity index is 1.74. The second-order valence-electron chi connectivity index (χ2n) is 8.63. The van der Waals surface area contributed by atoms with Crippen molar-refractivity contribution < 1.29 is 9.52 Å². The fraction of sp³-hybridized carbons (Fsp3) is 0.385. The summed E-state index contributed by atoms with van der Waals surface area (Å²) in [7, 11) is 3.82. The fourth-order valence-electron chi connectivity index (χ4n) is 4.53. The summed E-state index contributed by atoms with van der Waals surface area (Å²) in [5, 5.41) is 18.3. The van der Waals surface area contributed by atoms with Gasteiger partial charge in [0.05, 0.1) is 10.9 Å². The molecule has 3 aromatic rings. The highest BCUT2D eigenvalue weighted by Gasteiger charge is 2.26. The number of rotatable bonds is 8. The van der Waals surface area contributed by atoms with E-state index in [2.05, 4.69) is 4.90 Å². The maximum atomic E-state index is 13.1. The maximum absolute atomic E-state index is 13.1. The van der Waals surface area contributed by atoms with E-state index in [4.69, 9.17) is 9.52 Å². The van der Waals surface area contributed by atoms with Gasteiger partial charge in [-0.3, -0.25) is 0 Å². The molecule has 2 aromatic carbocycles. The molecule has 1 aromatic heterocycles. The fourth-order valence-corrected chi connectivity index (χ4v) is 4.53. The number of nitrogens with zero attached hydrogens (tertiary/aromatic N) is 3. The molecule has 0 saturated carbocycles. The van der Waals surface area contributed by atoms with Gasteiger partial charge in [-0.05, 0) is 50.0 Å². The highest BCUT2D eigenvalue weighted by molar-refractivity contribution is 5.87. The minimum Gasteiger partial charge on any atom is -0.507 e. The van der Waals surface area contributed by atoms with E-state index in [-0.39, 0.29) is 11.7 Å². The molecule has 0 bridgehead atoms. The van der Waals surface area contributed by atoms with Crippen molar-refractivity contribution >= 4 is 16.7 Å². The molecular weight excluding hydrogens is 402 g/mol. The Kier molecular flexibility index (Phi) is 6.90. The first-order valence-electron chi connectivity index (χ1n) is 11.3. The van der Waals surface area contributed by atoms with Gasteiger partial charge in [0, 0.05) is 38.7 Å². The van der Waals surface area contributed by atoms with Crippen LogP contribution in [0.4, 0.5) is 0 Å². The summed E-state index contributed by atoms with van der Waals surface area (Å²) < 4.78 is 5.61. The van der Waals surface area contributed by atoms with E-state index in [1.807, 2.05) is 55.5 Å². The zero-order chi connectivity index (χ0) is 22.5. The van der Waals surface area contributed by atoms with E-state index in [0.29, 0.717) is 23.0 Å². The van der Waals surface area contributed by atoms with Crippen LogP contribution in [0.1, 0.15) is 42.7 Å². The first-order valence-corrected chi connectivity index (χ1v) is 11.3. The molecule has 1 unspecified atom stereocenters. The van der Waals surface area contributed by atoms with Gasteiger partial charge in [0.25, 0.3) is 0 Å². The Morgan fingerprint density at radius 3 is 2.50 bits per heavy atom. The lowest BCUT2D eigenvalue weighted by atomic mass is 9.86. The number of likely N-dealkylation sites (tertiary alicyclic amines) is 1. The zero-order valence-corrected chi connectivity index (χ0v) is 18.8. The molecule has 1 fully saturated rings. The van der Waals surface area contributed by atoms with Crippen LogP contribution in [0.5, 0.6) is 5.75 Å². The van der Waals surface area contributed by atoms with Gasteiger partial charge in [0.2, 0.25) is 0 Å². The normalized spacial score (nSPS) is 15.9. The van der Waals surface area contributed by atoms with Crippen LogP contribution in [0, 0.1) is 0 Å². The van der Waals surface area contributed by atoms with Crippen LogP contribution in [-0.2, 0) is 0 Å². The number of aromatic hydroxyl groups is 1. The summed E-state index contributed by atoms with van der Waals surface area (Å²) in [5.41, 5.74) is 2.14. The lowest BCUT2D eigenvalue weighted by Gasteiger charge is -2.22. The van der Waals surface area contributed by atoms with Crippen LogP contribution in [-0.4, -0.2) is 54.5 Å². The van der Waals surface area contributed by atoms with Crippen molar-refractivity contribution in [1.82, 2.24) is 9.91 Å². The smallest absolute Gasteiger partial charge is 0.343 e. The Bertz CT molecular complexity index is 1130. The lowest BCUT2D eigenvalue weighted by Crippen LogP contribution is -2.25. The molecule has 1 saturated heterocycles. The number of para-hydroxylation sites is 1. The summed E-state index contributed by atoms with van der Waals surface area (Å²) in [5.74, 6) is -0.358. The van der Waals surface area contributed by atoms with Gasteiger partial charge in [-0.1, -0.05) is 42.5 Å². The molecule has 1 N–H and O–H groups in total. The van der Waals surface area contributed by atoms with Crippen molar-refractivity contribution in [2.45, 2.75) is 31.6 Å². The molecule has 1 aliphatic rings. The van der Waals surface area contributed by atoms with Crippen LogP contribution in [0.15, 0.2) is 68.9 Å². The van der Waals surface area contributed by atoms with E-state index in [1.54, 1.807) is 18.2 Å². The highest BCUT2D eigenvalue weighted by Crippen LogP contribution is 2.36. The second-order valence-corrected chi connectivity index (χ2v) is 8.63. The predicted molar refractivity (Wildman–Crippen MR) is 128 cm³/mol. The quantitative estimate of drug-likeness (QED) is 0.323. The van der Waals surface area contributed by atoms with E-state index in [9.17, 15) is 9.90 Å². The van der Waals surface area contributed by atoms with Crippen LogP contribution >= 0.6 is 0 Å². The average Bonchev–Trinajstić information content (AvgIpc) is 3.30. The molecule has 0 amide bonds. The van der Waals surface area contributed by atoms with Crippen molar-refractivity contribution in [1.29, 1.82) is 0 Å². The monoisotopic (exact) mass is 433 g/mol. The molecule has 1 atom stereocenters. The van der Waals surface area contributed by atoms with E-state index in [0.717, 1.165) is 37.3 Å².